The quantitative estimate of drug-likeness (QED) is 0.718. The molecule has 130 valence electrons. The van der Waals surface area contributed by atoms with Crippen LogP contribution < -0.4 is 0 Å². The average molecular weight is 332 g/mol. The number of hydrogen-bond donors (Lipinski definition) is 0. The van der Waals surface area contributed by atoms with Crippen LogP contribution in [0.3, 0.4) is 0 Å². The third-order valence-corrected chi connectivity index (χ3v) is 3.91. The number of rotatable bonds is 7. The van der Waals surface area contributed by atoms with Crippen LogP contribution in [0.15, 0.2) is 42.6 Å². The first kappa shape index (κ1) is 18.0. The van der Waals surface area contributed by atoms with E-state index in [0.717, 1.165) is 18.7 Å². The van der Waals surface area contributed by atoms with Gasteiger partial charge < -0.3 is 14.4 Å². The largest absolute Gasteiger partial charge is 0.444 e. The van der Waals surface area contributed by atoms with Crippen molar-refractivity contribution in [2.24, 2.45) is 0 Å². The fraction of sp³-hybridized carbons (Fsp3) is 0.444. The van der Waals surface area contributed by atoms with Gasteiger partial charge in [-0.3, -0.25) is 9.69 Å². The molecule has 1 aromatic rings. The van der Waals surface area contributed by atoms with E-state index in [0.29, 0.717) is 0 Å². The lowest BCUT2D eigenvalue weighted by atomic mass is 10.2. The van der Waals surface area contributed by atoms with Gasteiger partial charge in [0.2, 0.25) is 0 Å². The predicted octanol–water partition coefficient (Wildman–Crippen LogP) is 2.41. The van der Waals surface area contributed by atoms with Gasteiger partial charge in [-0.2, -0.15) is 0 Å². The molecule has 0 spiro atoms. The topological polar surface area (TPSA) is 59.1 Å². The Hall–Kier alpha value is -2.34. The Morgan fingerprint density at radius 1 is 1.29 bits per heavy atom. The standard InChI is InChI=1S/C18H24N2O4/c1-3-19(4-2)11-10-17(21)16-13-23-14-20(16)18(22)24-12-15-8-6-5-7-9-15/h5-11,16H,3-4,12-14H2,1-2H3/b11-10+/t16-/m0/s1. The molecule has 0 aromatic heterocycles. The van der Waals surface area contributed by atoms with Gasteiger partial charge in [-0.1, -0.05) is 30.3 Å². The summed E-state index contributed by atoms with van der Waals surface area (Å²) in [6, 6.07) is 8.79. The van der Waals surface area contributed by atoms with Gasteiger partial charge in [0.15, 0.2) is 5.78 Å². The van der Waals surface area contributed by atoms with E-state index in [1.54, 1.807) is 6.20 Å². The Kier molecular flexibility index (Phi) is 6.81. The summed E-state index contributed by atoms with van der Waals surface area (Å²) in [6.45, 7) is 6.13. The van der Waals surface area contributed by atoms with Crippen molar-refractivity contribution in [3.05, 3.63) is 48.2 Å². The Balaban J connectivity index is 1.91. The van der Waals surface area contributed by atoms with E-state index in [2.05, 4.69) is 0 Å². The van der Waals surface area contributed by atoms with Crippen LogP contribution in [0.25, 0.3) is 0 Å². The Morgan fingerprint density at radius 3 is 2.67 bits per heavy atom. The second-order valence-electron chi connectivity index (χ2n) is 5.46. The van der Waals surface area contributed by atoms with Gasteiger partial charge in [0, 0.05) is 19.3 Å². The summed E-state index contributed by atoms with van der Waals surface area (Å²) >= 11 is 0. The highest BCUT2D eigenvalue weighted by atomic mass is 16.6. The summed E-state index contributed by atoms with van der Waals surface area (Å²) in [7, 11) is 0. The molecule has 1 aromatic carbocycles. The molecule has 0 aliphatic carbocycles. The van der Waals surface area contributed by atoms with E-state index in [-0.39, 0.29) is 25.7 Å². The van der Waals surface area contributed by atoms with Crippen molar-refractivity contribution in [1.82, 2.24) is 9.80 Å². The van der Waals surface area contributed by atoms with Crippen molar-refractivity contribution in [2.45, 2.75) is 26.5 Å². The molecule has 6 nitrogen and oxygen atoms in total. The van der Waals surface area contributed by atoms with Crippen LogP contribution in [0.2, 0.25) is 0 Å². The lowest BCUT2D eigenvalue weighted by Crippen LogP contribution is -2.41. The first-order valence-corrected chi connectivity index (χ1v) is 8.16. The number of carbonyl (C=O) groups excluding carboxylic acids is 2. The monoisotopic (exact) mass is 332 g/mol. The smallest absolute Gasteiger partial charge is 0.412 e. The summed E-state index contributed by atoms with van der Waals surface area (Å²) < 4.78 is 10.6. The molecule has 1 heterocycles. The Morgan fingerprint density at radius 2 is 2.00 bits per heavy atom. The molecule has 1 fully saturated rings. The lowest BCUT2D eigenvalue weighted by Gasteiger charge is -2.20. The molecule has 1 atom stereocenters. The van der Waals surface area contributed by atoms with E-state index >= 15 is 0 Å². The van der Waals surface area contributed by atoms with E-state index in [1.807, 2.05) is 49.1 Å². The molecule has 0 saturated carbocycles. The van der Waals surface area contributed by atoms with Gasteiger partial charge in [-0.05, 0) is 25.5 Å². The van der Waals surface area contributed by atoms with Crippen LogP contribution in [0.5, 0.6) is 0 Å². The van der Waals surface area contributed by atoms with Gasteiger partial charge in [0.05, 0.1) is 6.61 Å². The zero-order chi connectivity index (χ0) is 17.4. The molecule has 0 bridgehead atoms. The van der Waals surface area contributed by atoms with E-state index in [9.17, 15) is 9.59 Å². The SMILES string of the molecule is CCN(/C=C/C(=O)[C@@H]1COCN1C(=O)OCc1ccccc1)CC. The number of ketones is 1. The van der Waals surface area contributed by atoms with Gasteiger partial charge in [0.1, 0.15) is 19.4 Å². The number of ether oxygens (including phenoxy) is 2. The molecule has 0 radical (unpaired) electrons. The van der Waals surface area contributed by atoms with Crippen molar-refractivity contribution in [3.8, 4) is 0 Å². The fourth-order valence-electron chi connectivity index (χ4n) is 2.38. The molecule has 1 saturated heterocycles. The highest BCUT2D eigenvalue weighted by molar-refractivity contribution is 5.96. The first-order valence-electron chi connectivity index (χ1n) is 8.16. The fourth-order valence-corrected chi connectivity index (χ4v) is 2.38. The number of benzene rings is 1. The lowest BCUT2D eigenvalue weighted by molar-refractivity contribution is -0.118. The van der Waals surface area contributed by atoms with E-state index in [4.69, 9.17) is 9.47 Å². The highest BCUT2D eigenvalue weighted by Crippen LogP contribution is 2.14. The molecule has 1 aliphatic rings. The van der Waals surface area contributed by atoms with Gasteiger partial charge in [-0.25, -0.2) is 4.79 Å². The summed E-state index contributed by atoms with van der Waals surface area (Å²) in [5, 5.41) is 0. The highest BCUT2D eigenvalue weighted by Gasteiger charge is 2.34. The van der Waals surface area contributed by atoms with Crippen LogP contribution in [-0.2, 0) is 20.9 Å². The molecule has 0 N–H and O–H groups in total. The van der Waals surface area contributed by atoms with Crippen molar-refractivity contribution < 1.29 is 19.1 Å². The molecule has 24 heavy (non-hydrogen) atoms. The number of nitrogens with zero attached hydrogens (tertiary/aromatic N) is 2. The van der Waals surface area contributed by atoms with Crippen molar-refractivity contribution in [1.29, 1.82) is 0 Å². The zero-order valence-corrected chi connectivity index (χ0v) is 14.2. The number of carbonyl (C=O) groups is 2. The Labute approximate surface area is 142 Å². The molecule has 1 aliphatic heterocycles. The Bertz CT molecular complexity index is 570. The third-order valence-electron chi connectivity index (χ3n) is 3.91. The van der Waals surface area contributed by atoms with Crippen molar-refractivity contribution in [3.63, 3.8) is 0 Å². The summed E-state index contributed by atoms with van der Waals surface area (Å²) in [4.78, 5) is 27.9. The van der Waals surface area contributed by atoms with Gasteiger partial charge >= 0.3 is 6.09 Å². The minimum absolute atomic E-state index is 0.0726. The third kappa shape index (κ3) is 4.83. The van der Waals surface area contributed by atoms with Crippen LogP contribution in [0, 0.1) is 0 Å². The predicted molar refractivity (Wildman–Crippen MR) is 90.1 cm³/mol. The maximum Gasteiger partial charge on any atom is 0.412 e. The zero-order valence-electron chi connectivity index (χ0n) is 14.2. The molecule has 6 heteroatoms. The maximum atomic E-state index is 12.3. The van der Waals surface area contributed by atoms with Crippen molar-refractivity contribution in [2.75, 3.05) is 26.4 Å². The summed E-state index contributed by atoms with van der Waals surface area (Å²) in [5.74, 6) is -0.156. The molecule has 1 amide bonds. The van der Waals surface area contributed by atoms with Crippen LogP contribution in [0.1, 0.15) is 19.4 Å². The molecule has 0 unspecified atom stereocenters. The summed E-state index contributed by atoms with van der Waals surface area (Å²) in [6.07, 6.45) is 2.73. The van der Waals surface area contributed by atoms with Gasteiger partial charge in [0.25, 0.3) is 0 Å². The molecular formula is C18H24N2O4. The number of hydrogen-bond acceptors (Lipinski definition) is 5. The summed E-state index contributed by atoms with van der Waals surface area (Å²) in [5.41, 5.74) is 0.898. The van der Waals surface area contributed by atoms with Crippen molar-refractivity contribution >= 4 is 11.9 Å². The second kappa shape index (κ2) is 9.08. The average Bonchev–Trinajstić information content (AvgIpc) is 3.11. The minimum Gasteiger partial charge on any atom is -0.444 e. The van der Waals surface area contributed by atoms with Crippen LogP contribution in [-0.4, -0.2) is 54.1 Å². The van der Waals surface area contributed by atoms with E-state index < -0.39 is 12.1 Å². The molecular weight excluding hydrogens is 308 g/mol. The second-order valence-corrected chi connectivity index (χ2v) is 5.46. The maximum absolute atomic E-state index is 12.3. The number of amides is 1. The van der Waals surface area contributed by atoms with Crippen LogP contribution in [0.4, 0.5) is 4.79 Å². The normalized spacial score (nSPS) is 17.2. The van der Waals surface area contributed by atoms with E-state index in [1.165, 1.54) is 11.0 Å². The minimum atomic E-state index is -0.625. The first-order chi connectivity index (χ1) is 11.7. The van der Waals surface area contributed by atoms with Gasteiger partial charge in [-0.15, -0.1) is 0 Å². The van der Waals surface area contributed by atoms with Crippen LogP contribution >= 0.6 is 0 Å². The molecule has 2 rings (SSSR count).